The van der Waals surface area contributed by atoms with Crippen molar-refractivity contribution in [3.05, 3.63) is 22.1 Å². The van der Waals surface area contributed by atoms with Gasteiger partial charge in [0.1, 0.15) is 0 Å². The first-order valence-corrected chi connectivity index (χ1v) is 4.26. The number of nitrogens with one attached hydrogen (secondary N) is 1. The number of aliphatic hydroxyl groups excluding tert-OH is 1. The Balaban J connectivity index is 2.47. The summed E-state index contributed by atoms with van der Waals surface area (Å²) in [6.45, 7) is 0.680. The Bertz CT molecular complexity index is 337. The summed E-state index contributed by atoms with van der Waals surface area (Å²) in [5.74, 6) is 0.0918. The number of hydrogen-bond donors (Lipinski definition) is 3. The van der Waals surface area contributed by atoms with Crippen LogP contribution < -0.4 is 11.3 Å². The van der Waals surface area contributed by atoms with E-state index >= 15 is 0 Å². The minimum absolute atomic E-state index is 0.0797. The molecule has 1 aromatic rings. The van der Waals surface area contributed by atoms with Crippen LogP contribution in [0.25, 0.3) is 0 Å². The second-order valence-electron chi connectivity index (χ2n) is 2.75. The smallest absolute Gasteiger partial charge is 0.257 e. The zero-order valence-electron chi connectivity index (χ0n) is 7.69. The summed E-state index contributed by atoms with van der Waals surface area (Å²) in [6, 6.07) is 0. The molecule has 6 nitrogen and oxygen atoms in total. The number of rotatable bonds is 5. The molecule has 0 aliphatic rings. The van der Waals surface area contributed by atoms with E-state index in [1.807, 2.05) is 0 Å². The highest BCUT2D eigenvalue weighted by molar-refractivity contribution is 5.16. The average molecular weight is 199 g/mol. The van der Waals surface area contributed by atoms with Gasteiger partial charge in [-0.2, -0.15) is 0 Å². The fraction of sp³-hybridized carbons (Fsp3) is 0.500. The molecular weight excluding hydrogens is 186 g/mol. The third-order valence-corrected chi connectivity index (χ3v) is 1.60. The number of nitrogen functional groups attached to an aromatic ring is 1. The number of hydrogen-bond acceptors (Lipinski definition) is 5. The summed E-state index contributed by atoms with van der Waals surface area (Å²) in [6.07, 6.45) is 1.94. The first kappa shape index (κ1) is 10.7. The van der Waals surface area contributed by atoms with Crippen LogP contribution in [0.1, 0.15) is 12.0 Å². The fourth-order valence-corrected chi connectivity index (χ4v) is 0.887. The lowest BCUT2D eigenvalue weighted by molar-refractivity contribution is 0.103. The lowest BCUT2D eigenvalue weighted by Gasteiger charge is -2.01. The number of aromatic nitrogens is 2. The van der Waals surface area contributed by atoms with Crippen LogP contribution in [-0.4, -0.2) is 28.3 Å². The molecular formula is C8H13N3O3. The van der Waals surface area contributed by atoms with Crippen LogP contribution in [0.15, 0.2) is 11.0 Å². The van der Waals surface area contributed by atoms with Crippen LogP contribution in [0.5, 0.6) is 0 Å². The van der Waals surface area contributed by atoms with Crippen molar-refractivity contribution in [2.24, 2.45) is 0 Å². The highest BCUT2D eigenvalue weighted by Gasteiger charge is 2.00. The van der Waals surface area contributed by atoms with E-state index < -0.39 is 0 Å². The molecule has 0 spiro atoms. The van der Waals surface area contributed by atoms with Crippen LogP contribution in [-0.2, 0) is 11.3 Å². The van der Waals surface area contributed by atoms with Gasteiger partial charge in [0.25, 0.3) is 5.56 Å². The normalized spacial score (nSPS) is 10.4. The maximum Gasteiger partial charge on any atom is 0.257 e. The van der Waals surface area contributed by atoms with Crippen molar-refractivity contribution in [3.63, 3.8) is 0 Å². The van der Waals surface area contributed by atoms with Gasteiger partial charge in [0.05, 0.1) is 12.2 Å². The van der Waals surface area contributed by atoms with Crippen molar-refractivity contribution in [2.45, 2.75) is 13.0 Å². The predicted molar refractivity (Wildman–Crippen MR) is 50.6 cm³/mol. The van der Waals surface area contributed by atoms with Crippen LogP contribution >= 0.6 is 0 Å². The minimum atomic E-state index is -0.290. The standard InChI is InChI=1S/C8H13N3O3/c9-8-10-4-6(7(13)11-8)5-14-3-1-2-12/h4,12H,1-3,5H2,(H3,9,10,11,13). The molecule has 6 heteroatoms. The van der Waals surface area contributed by atoms with Crippen molar-refractivity contribution < 1.29 is 9.84 Å². The molecule has 1 aromatic heterocycles. The van der Waals surface area contributed by atoms with E-state index in [1.54, 1.807) is 0 Å². The van der Waals surface area contributed by atoms with Crippen LogP contribution in [0.3, 0.4) is 0 Å². The summed E-state index contributed by atoms with van der Waals surface area (Å²) in [4.78, 5) is 17.3. The van der Waals surface area contributed by atoms with Crippen molar-refractivity contribution in [2.75, 3.05) is 18.9 Å². The van der Waals surface area contributed by atoms with Gasteiger partial charge in [0.2, 0.25) is 0 Å². The van der Waals surface area contributed by atoms with Gasteiger partial charge < -0.3 is 15.6 Å². The van der Waals surface area contributed by atoms with Gasteiger partial charge in [-0.3, -0.25) is 9.78 Å². The molecule has 0 saturated heterocycles. The van der Waals surface area contributed by atoms with Crippen molar-refractivity contribution in [3.8, 4) is 0 Å². The molecule has 0 saturated carbocycles. The van der Waals surface area contributed by atoms with E-state index in [1.165, 1.54) is 6.20 Å². The Kier molecular flexibility index (Phi) is 4.09. The molecule has 1 heterocycles. The second kappa shape index (κ2) is 5.36. The van der Waals surface area contributed by atoms with E-state index in [0.29, 0.717) is 18.6 Å². The zero-order valence-corrected chi connectivity index (χ0v) is 7.69. The zero-order chi connectivity index (χ0) is 10.4. The third-order valence-electron chi connectivity index (χ3n) is 1.60. The number of anilines is 1. The molecule has 1 rings (SSSR count). The summed E-state index contributed by atoms with van der Waals surface area (Å²) < 4.78 is 5.12. The molecule has 0 atom stereocenters. The van der Waals surface area contributed by atoms with Crippen molar-refractivity contribution in [1.29, 1.82) is 0 Å². The number of ether oxygens (including phenoxy) is 1. The highest BCUT2D eigenvalue weighted by Crippen LogP contribution is 1.94. The molecule has 0 aliphatic carbocycles. The Hall–Kier alpha value is -1.40. The minimum Gasteiger partial charge on any atom is -0.396 e. The molecule has 78 valence electrons. The molecule has 4 N–H and O–H groups in total. The Morgan fingerprint density at radius 2 is 2.43 bits per heavy atom. The quantitative estimate of drug-likeness (QED) is 0.542. The van der Waals surface area contributed by atoms with Crippen LogP contribution in [0.4, 0.5) is 5.95 Å². The second-order valence-corrected chi connectivity index (χ2v) is 2.75. The highest BCUT2D eigenvalue weighted by atomic mass is 16.5. The maximum absolute atomic E-state index is 11.2. The third kappa shape index (κ3) is 3.15. The monoisotopic (exact) mass is 199 g/mol. The largest absolute Gasteiger partial charge is 0.396 e. The SMILES string of the molecule is Nc1ncc(COCCCO)c(=O)[nH]1. The average Bonchev–Trinajstić information content (AvgIpc) is 2.15. The molecule has 0 fully saturated rings. The fourth-order valence-electron chi connectivity index (χ4n) is 0.887. The molecule has 0 aromatic carbocycles. The molecule has 0 radical (unpaired) electrons. The molecule has 0 aliphatic heterocycles. The predicted octanol–water partition coefficient (Wildman–Crippen LogP) is -0.749. The number of nitrogens with zero attached hydrogens (tertiary/aromatic N) is 1. The first-order chi connectivity index (χ1) is 6.74. The summed E-state index contributed by atoms with van der Waals surface area (Å²) >= 11 is 0. The van der Waals surface area contributed by atoms with Crippen LogP contribution in [0.2, 0.25) is 0 Å². The topological polar surface area (TPSA) is 101 Å². The van der Waals surface area contributed by atoms with Gasteiger partial charge in [-0.25, -0.2) is 4.98 Å². The lowest BCUT2D eigenvalue weighted by Crippen LogP contribution is -2.16. The first-order valence-electron chi connectivity index (χ1n) is 4.26. The van der Waals surface area contributed by atoms with E-state index in [-0.39, 0.29) is 24.7 Å². The Morgan fingerprint density at radius 1 is 1.64 bits per heavy atom. The van der Waals surface area contributed by atoms with E-state index in [2.05, 4.69) is 9.97 Å². The van der Waals surface area contributed by atoms with Gasteiger partial charge in [-0.15, -0.1) is 0 Å². The van der Waals surface area contributed by atoms with Gasteiger partial charge >= 0.3 is 0 Å². The summed E-state index contributed by atoms with van der Waals surface area (Å²) in [7, 11) is 0. The van der Waals surface area contributed by atoms with Crippen molar-refractivity contribution >= 4 is 5.95 Å². The van der Waals surface area contributed by atoms with Gasteiger partial charge in [-0.1, -0.05) is 0 Å². The Morgan fingerprint density at radius 3 is 3.07 bits per heavy atom. The Labute approximate surface area is 80.7 Å². The van der Waals surface area contributed by atoms with Gasteiger partial charge in [-0.05, 0) is 6.42 Å². The molecule has 0 unspecified atom stereocenters. The lowest BCUT2D eigenvalue weighted by atomic mass is 10.3. The molecule has 0 bridgehead atoms. The number of aliphatic hydroxyl groups is 1. The summed E-state index contributed by atoms with van der Waals surface area (Å²) in [5, 5.41) is 8.48. The van der Waals surface area contributed by atoms with Crippen LogP contribution in [0, 0.1) is 0 Å². The molecule has 0 amide bonds. The van der Waals surface area contributed by atoms with Gasteiger partial charge in [0, 0.05) is 19.4 Å². The van der Waals surface area contributed by atoms with Gasteiger partial charge in [0.15, 0.2) is 5.95 Å². The maximum atomic E-state index is 11.2. The molecule has 14 heavy (non-hydrogen) atoms. The number of nitrogens with two attached hydrogens (primary N) is 1. The summed E-state index contributed by atoms with van der Waals surface area (Å²) in [5.41, 5.74) is 5.40. The van der Waals surface area contributed by atoms with E-state index in [4.69, 9.17) is 15.6 Å². The van der Waals surface area contributed by atoms with E-state index in [0.717, 1.165) is 0 Å². The van der Waals surface area contributed by atoms with E-state index in [9.17, 15) is 4.79 Å². The van der Waals surface area contributed by atoms with Crippen molar-refractivity contribution in [1.82, 2.24) is 9.97 Å². The number of aromatic amines is 1. The number of H-pyrrole nitrogens is 1.